The maximum atomic E-state index is 12.9. The van der Waals surface area contributed by atoms with Crippen molar-refractivity contribution in [3.63, 3.8) is 0 Å². The SMILES string of the molecule is CC/C=C\C/C=C\C/C=C\C/C=C\C/C=C\C/C=C\C/C=C\CCCCCCCCCCCCCCCCCC(=O)OC(COC(=O)CCCCCCCCCCCCC/C=C\CCCCCCCCCC)COP(=O)(O)OCC[N+](C)(C)C. The predicted octanol–water partition coefficient (Wildman–Crippen LogP) is 22.7. The summed E-state index contributed by atoms with van der Waals surface area (Å²) in [6, 6.07) is 0. The van der Waals surface area contributed by atoms with Crippen LogP contribution < -0.4 is 0 Å². The molecule has 10 heteroatoms. The number of nitrogens with zero attached hydrogens (tertiary/aromatic N) is 1. The van der Waals surface area contributed by atoms with Crippen LogP contribution >= 0.6 is 7.82 Å². The van der Waals surface area contributed by atoms with Gasteiger partial charge in [0.25, 0.3) is 0 Å². The summed E-state index contributed by atoms with van der Waals surface area (Å²) in [5, 5.41) is 0. The number of carbonyl (C=O) groups is 2. The van der Waals surface area contributed by atoms with Crippen molar-refractivity contribution in [1.82, 2.24) is 0 Å². The third-order valence-corrected chi connectivity index (χ3v) is 16.1. The van der Waals surface area contributed by atoms with Crippen LogP contribution in [0.25, 0.3) is 0 Å². The first-order valence-corrected chi connectivity index (χ1v) is 36.5. The molecular weight excluding hydrogens is 1060 g/mol. The molecular formula is C74H133NO8P+. The number of allylic oxidation sites excluding steroid dienone is 16. The molecule has 0 aromatic carbocycles. The molecule has 0 saturated heterocycles. The van der Waals surface area contributed by atoms with E-state index in [4.69, 9.17) is 18.5 Å². The quantitative estimate of drug-likeness (QED) is 0.0211. The number of hydrogen-bond acceptors (Lipinski definition) is 7. The van der Waals surface area contributed by atoms with Crippen molar-refractivity contribution in [1.29, 1.82) is 0 Å². The molecule has 0 aliphatic heterocycles. The van der Waals surface area contributed by atoms with E-state index in [-0.39, 0.29) is 32.0 Å². The topological polar surface area (TPSA) is 108 Å². The van der Waals surface area contributed by atoms with E-state index in [1.165, 1.54) is 193 Å². The molecule has 0 amide bonds. The average molecular weight is 1200 g/mol. The normalized spacial score (nSPS) is 13.7. The first kappa shape index (κ1) is 80.9. The van der Waals surface area contributed by atoms with Gasteiger partial charge in [0.15, 0.2) is 6.10 Å². The van der Waals surface area contributed by atoms with E-state index in [1.807, 2.05) is 21.1 Å². The van der Waals surface area contributed by atoms with Gasteiger partial charge in [-0.25, -0.2) is 4.57 Å². The monoisotopic (exact) mass is 1190 g/mol. The van der Waals surface area contributed by atoms with Crippen LogP contribution in [0, 0.1) is 0 Å². The molecule has 0 aliphatic carbocycles. The van der Waals surface area contributed by atoms with Crippen LogP contribution in [0.15, 0.2) is 97.2 Å². The lowest BCUT2D eigenvalue weighted by atomic mass is 10.0. The molecule has 84 heavy (non-hydrogen) atoms. The van der Waals surface area contributed by atoms with Gasteiger partial charge in [0, 0.05) is 12.8 Å². The number of phosphoric ester groups is 1. The number of esters is 2. The Morgan fingerprint density at radius 2 is 0.679 bits per heavy atom. The van der Waals surface area contributed by atoms with E-state index in [0.717, 1.165) is 83.5 Å². The van der Waals surface area contributed by atoms with E-state index in [1.54, 1.807) is 0 Å². The minimum absolute atomic E-state index is 0.0299. The minimum Gasteiger partial charge on any atom is -0.462 e. The maximum Gasteiger partial charge on any atom is 0.472 e. The van der Waals surface area contributed by atoms with E-state index in [0.29, 0.717) is 17.4 Å². The molecule has 0 bridgehead atoms. The summed E-state index contributed by atoms with van der Waals surface area (Å²) in [6.45, 7) is 4.35. The van der Waals surface area contributed by atoms with Crippen molar-refractivity contribution in [2.75, 3.05) is 47.5 Å². The van der Waals surface area contributed by atoms with Gasteiger partial charge in [-0.05, 0) is 96.3 Å². The van der Waals surface area contributed by atoms with E-state index >= 15 is 0 Å². The molecule has 0 fully saturated rings. The number of rotatable bonds is 64. The van der Waals surface area contributed by atoms with Crippen LogP contribution in [0.2, 0.25) is 0 Å². The molecule has 0 rings (SSSR count). The maximum absolute atomic E-state index is 12.9. The summed E-state index contributed by atoms with van der Waals surface area (Å²) in [7, 11) is 1.48. The Bertz CT molecular complexity index is 1740. The second-order valence-electron chi connectivity index (χ2n) is 24.5. The molecule has 0 heterocycles. The number of quaternary nitrogens is 1. The lowest BCUT2D eigenvalue weighted by Crippen LogP contribution is -2.37. The number of phosphoric acid groups is 1. The van der Waals surface area contributed by atoms with Crippen molar-refractivity contribution in [3.8, 4) is 0 Å². The first-order chi connectivity index (χ1) is 41.0. The number of unbranched alkanes of at least 4 members (excludes halogenated alkanes) is 34. The third-order valence-electron chi connectivity index (χ3n) is 15.1. The van der Waals surface area contributed by atoms with E-state index < -0.39 is 26.5 Å². The van der Waals surface area contributed by atoms with Crippen LogP contribution in [0.3, 0.4) is 0 Å². The summed E-state index contributed by atoms with van der Waals surface area (Å²) in [6.07, 6.45) is 89.3. The third kappa shape index (κ3) is 68.0. The van der Waals surface area contributed by atoms with Crippen LogP contribution in [0.1, 0.15) is 309 Å². The van der Waals surface area contributed by atoms with E-state index in [9.17, 15) is 19.0 Å². The predicted molar refractivity (Wildman–Crippen MR) is 362 cm³/mol. The Morgan fingerprint density at radius 3 is 1.02 bits per heavy atom. The molecule has 2 atom stereocenters. The molecule has 0 spiro atoms. The van der Waals surface area contributed by atoms with E-state index in [2.05, 4.69) is 111 Å². The number of hydrogen-bond donors (Lipinski definition) is 1. The number of likely N-dealkylation sites (N-methyl/N-ethyl adjacent to an activating group) is 1. The van der Waals surface area contributed by atoms with Gasteiger partial charge in [0.2, 0.25) is 0 Å². The molecule has 0 saturated carbocycles. The van der Waals surface area contributed by atoms with Crippen molar-refractivity contribution in [2.45, 2.75) is 315 Å². The van der Waals surface area contributed by atoms with Gasteiger partial charge in [-0.15, -0.1) is 0 Å². The zero-order valence-corrected chi connectivity index (χ0v) is 56.3. The van der Waals surface area contributed by atoms with Crippen molar-refractivity contribution in [2.24, 2.45) is 0 Å². The molecule has 0 aromatic heterocycles. The highest BCUT2D eigenvalue weighted by atomic mass is 31.2. The van der Waals surface area contributed by atoms with Crippen molar-refractivity contribution in [3.05, 3.63) is 97.2 Å². The highest BCUT2D eigenvalue weighted by molar-refractivity contribution is 7.47. The van der Waals surface area contributed by atoms with Crippen LogP contribution in [0.5, 0.6) is 0 Å². The van der Waals surface area contributed by atoms with Gasteiger partial charge in [-0.1, -0.05) is 297 Å². The largest absolute Gasteiger partial charge is 0.472 e. The Balaban J connectivity index is 4.03. The van der Waals surface area contributed by atoms with Gasteiger partial charge in [-0.2, -0.15) is 0 Å². The van der Waals surface area contributed by atoms with Gasteiger partial charge in [0.1, 0.15) is 19.8 Å². The zero-order chi connectivity index (χ0) is 61.2. The van der Waals surface area contributed by atoms with Gasteiger partial charge in [-0.3, -0.25) is 18.6 Å². The highest BCUT2D eigenvalue weighted by Crippen LogP contribution is 2.43. The Kier molecular flexibility index (Phi) is 62.1. The summed E-state index contributed by atoms with van der Waals surface area (Å²) in [5.41, 5.74) is 0. The fraction of sp³-hybridized carbons (Fsp3) is 0.757. The Morgan fingerprint density at radius 1 is 0.381 bits per heavy atom. The number of ether oxygens (including phenoxy) is 2. The van der Waals surface area contributed by atoms with Gasteiger partial charge >= 0.3 is 19.8 Å². The van der Waals surface area contributed by atoms with Crippen LogP contribution in [-0.2, 0) is 32.7 Å². The average Bonchev–Trinajstić information content (AvgIpc) is 3.61. The fourth-order valence-corrected chi connectivity index (χ4v) is 10.5. The highest BCUT2D eigenvalue weighted by Gasteiger charge is 2.27. The lowest BCUT2D eigenvalue weighted by Gasteiger charge is -2.24. The summed E-state index contributed by atoms with van der Waals surface area (Å²) in [4.78, 5) is 35.9. The zero-order valence-electron chi connectivity index (χ0n) is 55.4. The van der Waals surface area contributed by atoms with Gasteiger partial charge < -0.3 is 18.9 Å². The van der Waals surface area contributed by atoms with Crippen molar-refractivity contribution < 1.29 is 42.1 Å². The summed E-state index contributed by atoms with van der Waals surface area (Å²) in [5.74, 6) is -0.790. The molecule has 0 radical (unpaired) electrons. The lowest BCUT2D eigenvalue weighted by molar-refractivity contribution is -0.870. The molecule has 1 N–H and O–H groups in total. The smallest absolute Gasteiger partial charge is 0.462 e. The van der Waals surface area contributed by atoms with Crippen molar-refractivity contribution >= 4 is 19.8 Å². The van der Waals surface area contributed by atoms with Gasteiger partial charge in [0.05, 0.1) is 27.7 Å². The fourth-order valence-electron chi connectivity index (χ4n) is 9.76. The van der Waals surface area contributed by atoms with Crippen LogP contribution in [0.4, 0.5) is 0 Å². The number of carbonyl (C=O) groups excluding carboxylic acids is 2. The Labute approximate surface area is 519 Å². The molecule has 9 nitrogen and oxygen atoms in total. The summed E-state index contributed by atoms with van der Waals surface area (Å²) < 4.78 is 34.7. The first-order valence-electron chi connectivity index (χ1n) is 35.0. The second kappa shape index (κ2) is 64.4. The molecule has 2 unspecified atom stereocenters. The minimum atomic E-state index is -4.39. The standard InChI is InChI=1S/C74H132NO8P/c1-6-8-10-12-14-16-18-20-22-24-26-28-30-31-32-33-34-35-36-37-38-39-40-41-42-43-45-47-49-51-53-55-57-59-61-63-65-67-74(77)83-72(71-82-84(78,79)81-69-68-75(3,4)5)70-80-73(76)66-64-62-60-58-56-54-52-50-48-46-44-29-27-25-23-21-19-17-15-13-11-9-7-2/h8,10,14,16,20,22,25-28,31-32,34-35,37-38,72H,6-7,9,11-13,15,17-19,21,23-24,29-30,33,36,39-71H2,1-5H3/p+1/b10-8-,16-14-,22-20-,27-25-,28-26-,32-31-,35-34-,38-37-. The molecule has 0 aliphatic rings. The second-order valence-corrected chi connectivity index (χ2v) is 26.0. The summed E-state index contributed by atoms with van der Waals surface area (Å²) >= 11 is 0. The van der Waals surface area contributed by atoms with Crippen LogP contribution in [-0.4, -0.2) is 74.9 Å². The molecule has 0 aromatic rings. The molecule has 486 valence electrons. The Hall–Kier alpha value is -3.07.